The molecule has 21 heavy (non-hydrogen) atoms. The van der Waals surface area contributed by atoms with Crippen molar-refractivity contribution in [2.24, 2.45) is 5.73 Å². The van der Waals surface area contributed by atoms with Crippen LogP contribution in [0.4, 0.5) is 4.39 Å². The molecule has 106 valence electrons. The summed E-state index contributed by atoms with van der Waals surface area (Å²) in [6.07, 6.45) is 0.746. The summed E-state index contributed by atoms with van der Waals surface area (Å²) >= 11 is 0. The number of hydrogen-bond donors (Lipinski definition) is 1. The lowest BCUT2D eigenvalue weighted by molar-refractivity contribution is 0.615. The zero-order valence-corrected chi connectivity index (χ0v) is 12.0. The first-order valence-electron chi connectivity index (χ1n) is 7.13. The molecule has 0 amide bonds. The predicted molar refractivity (Wildman–Crippen MR) is 85.7 cm³/mol. The van der Waals surface area contributed by atoms with Gasteiger partial charge in [-0.3, -0.25) is 0 Å². The van der Waals surface area contributed by atoms with E-state index in [1.54, 1.807) is 13.0 Å². The molecular weight excluding hydrogens is 261 g/mol. The quantitative estimate of drug-likeness (QED) is 0.749. The van der Waals surface area contributed by atoms with Crippen LogP contribution in [0.25, 0.3) is 10.8 Å². The van der Waals surface area contributed by atoms with Crippen LogP contribution in [0.3, 0.4) is 0 Å². The standard InChI is InChI=1S/C19H18FN/c1-13-10-17(8-9-18(13)20)19(21)12-14-6-7-15-4-2-3-5-16(15)11-14/h2-11,19H,12,21H2,1H3. The van der Waals surface area contributed by atoms with E-state index in [2.05, 4.69) is 30.3 Å². The minimum Gasteiger partial charge on any atom is -0.324 e. The minimum absolute atomic E-state index is 0.120. The predicted octanol–water partition coefficient (Wildman–Crippen LogP) is 4.53. The Balaban J connectivity index is 1.85. The van der Waals surface area contributed by atoms with Crippen LogP contribution in [0.2, 0.25) is 0 Å². The van der Waals surface area contributed by atoms with Crippen molar-refractivity contribution in [3.05, 3.63) is 83.2 Å². The Morgan fingerprint density at radius 2 is 1.71 bits per heavy atom. The lowest BCUT2D eigenvalue weighted by Gasteiger charge is -2.14. The highest BCUT2D eigenvalue weighted by Crippen LogP contribution is 2.21. The topological polar surface area (TPSA) is 26.0 Å². The molecule has 0 spiro atoms. The number of rotatable bonds is 3. The zero-order valence-electron chi connectivity index (χ0n) is 12.0. The fourth-order valence-corrected chi connectivity index (χ4v) is 2.64. The highest BCUT2D eigenvalue weighted by molar-refractivity contribution is 5.83. The van der Waals surface area contributed by atoms with E-state index in [-0.39, 0.29) is 11.9 Å². The van der Waals surface area contributed by atoms with Gasteiger partial charge in [0, 0.05) is 6.04 Å². The fraction of sp³-hybridized carbons (Fsp3) is 0.158. The molecule has 1 nitrogen and oxygen atoms in total. The van der Waals surface area contributed by atoms with E-state index in [0.29, 0.717) is 5.56 Å². The van der Waals surface area contributed by atoms with Crippen LogP contribution < -0.4 is 5.73 Å². The molecule has 0 heterocycles. The largest absolute Gasteiger partial charge is 0.324 e. The van der Waals surface area contributed by atoms with Crippen LogP contribution in [0.5, 0.6) is 0 Å². The molecule has 0 aromatic heterocycles. The smallest absolute Gasteiger partial charge is 0.126 e. The van der Waals surface area contributed by atoms with Gasteiger partial charge in [-0.1, -0.05) is 54.6 Å². The Kier molecular flexibility index (Phi) is 3.72. The Labute approximate surface area is 124 Å². The van der Waals surface area contributed by atoms with Gasteiger partial charge in [0.2, 0.25) is 0 Å². The van der Waals surface area contributed by atoms with E-state index in [1.165, 1.54) is 22.4 Å². The van der Waals surface area contributed by atoms with E-state index in [0.717, 1.165) is 12.0 Å². The summed E-state index contributed by atoms with van der Waals surface area (Å²) < 4.78 is 13.3. The summed E-state index contributed by atoms with van der Waals surface area (Å²) in [6.45, 7) is 1.77. The Hall–Kier alpha value is -2.19. The second-order valence-electron chi connectivity index (χ2n) is 5.50. The molecule has 0 saturated carbocycles. The number of benzene rings is 3. The first-order chi connectivity index (χ1) is 10.1. The maximum Gasteiger partial charge on any atom is 0.126 e. The fourth-order valence-electron chi connectivity index (χ4n) is 2.64. The lowest BCUT2D eigenvalue weighted by atomic mass is 9.96. The van der Waals surface area contributed by atoms with Gasteiger partial charge in [-0.05, 0) is 46.9 Å². The van der Waals surface area contributed by atoms with Crippen molar-refractivity contribution in [2.45, 2.75) is 19.4 Å². The van der Waals surface area contributed by atoms with E-state index < -0.39 is 0 Å². The summed E-state index contributed by atoms with van der Waals surface area (Å²) in [5.41, 5.74) is 9.08. The van der Waals surface area contributed by atoms with Crippen molar-refractivity contribution in [3.8, 4) is 0 Å². The van der Waals surface area contributed by atoms with Crippen molar-refractivity contribution >= 4 is 10.8 Å². The van der Waals surface area contributed by atoms with Crippen LogP contribution in [0.15, 0.2) is 60.7 Å². The number of halogens is 1. The van der Waals surface area contributed by atoms with Crippen LogP contribution >= 0.6 is 0 Å². The van der Waals surface area contributed by atoms with Crippen molar-refractivity contribution in [2.75, 3.05) is 0 Å². The second-order valence-corrected chi connectivity index (χ2v) is 5.50. The van der Waals surface area contributed by atoms with Gasteiger partial charge in [-0.25, -0.2) is 4.39 Å². The number of hydrogen-bond acceptors (Lipinski definition) is 1. The van der Waals surface area contributed by atoms with Crippen LogP contribution in [-0.2, 0) is 6.42 Å². The van der Waals surface area contributed by atoms with Gasteiger partial charge in [0.15, 0.2) is 0 Å². The van der Waals surface area contributed by atoms with Crippen LogP contribution in [0.1, 0.15) is 22.7 Å². The molecule has 0 radical (unpaired) electrons. The number of fused-ring (bicyclic) bond motifs is 1. The number of nitrogens with two attached hydrogens (primary N) is 1. The highest BCUT2D eigenvalue weighted by Gasteiger charge is 2.09. The van der Waals surface area contributed by atoms with E-state index >= 15 is 0 Å². The monoisotopic (exact) mass is 279 g/mol. The van der Waals surface area contributed by atoms with E-state index in [4.69, 9.17) is 5.73 Å². The Morgan fingerprint density at radius 3 is 2.48 bits per heavy atom. The molecule has 0 fully saturated rings. The molecule has 1 unspecified atom stereocenters. The highest BCUT2D eigenvalue weighted by atomic mass is 19.1. The average molecular weight is 279 g/mol. The van der Waals surface area contributed by atoms with Gasteiger partial charge in [-0.2, -0.15) is 0 Å². The van der Waals surface area contributed by atoms with Gasteiger partial charge in [0.1, 0.15) is 5.82 Å². The molecule has 1 atom stereocenters. The molecule has 2 heteroatoms. The third-order valence-electron chi connectivity index (χ3n) is 3.88. The number of aryl methyl sites for hydroxylation is 1. The normalized spacial score (nSPS) is 12.5. The molecule has 0 saturated heterocycles. The third kappa shape index (κ3) is 2.96. The summed E-state index contributed by atoms with van der Waals surface area (Å²) in [7, 11) is 0. The molecule has 3 rings (SSSR count). The first kappa shape index (κ1) is 13.8. The summed E-state index contributed by atoms with van der Waals surface area (Å²) in [5.74, 6) is -0.184. The molecule has 2 N–H and O–H groups in total. The lowest BCUT2D eigenvalue weighted by Crippen LogP contribution is -2.13. The van der Waals surface area contributed by atoms with Crippen molar-refractivity contribution in [1.29, 1.82) is 0 Å². The Bertz CT molecular complexity index is 779. The molecule has 0 bridgehead atoms. The van der Waals surface area contributed by atoms with Gasteiger partial charge >= 0.3 is 0 Å². The summed E-state index contributed by atoms with van der Waals surface area (Å²) in [5, 5.41) is 2.45. The summed E-state index contributed by atoms with van der Waals surface area (Å²) in [6, 6.07) is 19.7. The molecule has 0 aliphatic carbocycles. The van der Waals surface area contributed by atoms with Crippen molar-refractivity contribution in [3.63, 3.8) is 0 Å². The molecule has 3 aromatic carbocycles. The zero-order chi connectivity index (χ0) is 14.8. The SMILES string of the molecule is Cc1cc(C(N)Cc2ccc3ccccc3c2)ccc1F. The van der Waals surface area contributed by atoms with Crippen molar-refractivity contribution in [1.82, 2.24) is 0 Å². The maximum absolute atomic E-state index is 13.3. The molecule has 0 aliphatic heterocycles. The third-order valence-corrected chi connectivity index (χ3v) is 3.88. The Morgan fingerprint density at radius 1 is 0.952 bits per heavy atom. The van der Waals surface area contributed by atoms with Gasteiger partial charge in [-0.15, -0.1) is 0 Å². The molecule has 3 aromatic rings. The van der Waals surface area contributed by atoms with Crippen molar-refractivity contribution < 1.29 is 4.39 Å². The van der Waals surface area contributed by atoms with Gasteiger partial charge in [0.05, 0.1) is 0 Å². The van der Waals surface area contributed by atoms with Crippen LogP contribution in [-0.4, -0.2) is 0 Å². The van der Waals surface area contributed by atoms with Crippen LogP contribution in [0, 0.1) is 12.7 Å². The molecular formula is C19H18FN. The van der Waals surface area contributed by atoms with E-state index in [1.807, 2.05) is 18.2 Å². The molecule has 0 aliphatic rings. The van der Waals surface area contributed by atoms with Gasteiger partial charge in [0.25, 0.3) is 0 Å². The van der Waals surface area contributed by atoms with E-state index in [9.17, 15) is 4.39 Å². The van der Waals surface area contributed by atoms with Gasteiger partial charge < -0.3 is 5.73 Å². The minimum atomic E-state index is -0.184. The first-order valence-corrected chi connectivity index (χ1v) is 7.13. The average Bonchev–Trinajstić information content (AvgIpc) is 2.50. The maximum atomic E-state index is 13.3. The second kappa shape index (κ2) is 5.66. The summed E-state index contributed by atoms with van der Waals surface area (Å²) in [4.78, 5) is 0.